The number of ether oxygens (including phenoxy) is 1. The van der Waals surface area contributed by atoms with Crippen LogP contribution in [0.2, 0.25) is 0 Å². The fourth-order valence-electron chi connectivity index (χ4n) is 3.98. The van der Waals surface area contributed by atoms with E-state index in [4.69, 9.17) is 4.74 Å². The second-order valence-corrected chi connectivity index (χ2v) is 7.53. The van der Waals surface area contributed by atoms with E-state index in [-0.39, 0.29) is 0 Å². The summed E-state index contributed by atoms with van der Waals surface area (Å²) in [6.07, 6.45) is 5.09. The minimum absolute atomic E-state index is 0.366. The number of aliphatic hydroxyl groups excluding tert-OH is 1. The summed E-state index contributed by atoms with van der Waals surface area (Å²) in [5.74, 6) is 1.75. The van der Waals surface area contributed by atoms with E-state index in [1.54, 1.807) is 0 Å². The van der Waals surface area contributed by atoms with E-state index in [0.29, 0.717) is 13.2 Å². The Bertz CT molecular complexity index is 466. The summed E-state index contributed by atoms with van der Waals surface area (Å²) in [5, 5.41) is 10.2. The van der Waals surface area contributed by atoms with Gasteiger partial charge in [-0.15, -0.1) is 0 Å². The molecule has 1 unspecified atom stereocenters. The van der Waals surface area contributed by atoms with Crippen molar-refractivity contribution in [2.45, 2.75) is 44.8 Å². The summed E-state index contributed by atoms with van der Waals surface area (Å²) in [7, 11) is 0. The minimum atomic E-state index is -0.424. The van der Waals surface area contributed by atoms with Crippen LogP contribution in [0.3, 0.4) is 0 Å². The molecular formula is C20H32N2O2. The minimum Gasteiger partial charge on any atom is -0.491 e. The number of aliphatic hydroxyl groups is 1. The van der Waals surface area contributed by atoms with Gasteiger partial charge in [-0.05, 0) is 43.7 Å². The molecule has 1 aromatic carbocycles. The van der Waals surface area contributed by atoms with Crippen LogP contribution in [0.1, 0.15) is 32.6 Å². The maximum absolute atomic E-state index is 10.2. The fourth-order valence-corrected chi connectivity index (χ4v) is 3.98. The molecule has 134 valence electrons. The smallest absolute Gasteiger partial charge is 0.119 e. The molecule has 1 saturated heterocycles. The summed E-state index contributed by atoms with van der Waals surface area (Å²) in [5.41, 5.74) is 0. The quantitative estimate of drug-likeness (QED) is 0.869. The average Bonchev–Trinajstić information content (AvgIpc) is 2.62. The number of para-hydroxylation sites is 1. The number of hydrogen-bond acceptors (Lipinski definition) is 4. The Morgan fingerprint density at radius 3 is 2.38 bits per heavy atom. The fraction of sp³-hybridized carbons (Fsp3) is 0.700. The highest BCUT2D eigenvalue weighted by atomic mass is 16.5. The molecule has 3 rings (SSSR count). The van der Waals surface area contributed by atoms with Gasteiger partial charge in [0.2, 0.25) is 0 Å². The van der Waals surface area contributed by atoms with Crippen molar-refractivity contribution in [1.29, 1.82) is 0 Å². The lowest BCUT2D eigenvalue weighted by atomic mass is 9.86. The van der Waals surface area contributed by atoms with Gasteiger partial charge in [0.25, 0.3) is 0 Å². The van der Waals surface area contributed by atoms with Crippen molar-refractivity contribution in [2.24, 2.45) is 5.92 Å². The summed E-state index contributed by atoms with van der Waals surface area (Å²) in [6, 6.07) is 10.5. The molecule has 0 aromatic heterocycles. The van der Waals surface area contributed by atoms with Crippen LogP contribution in [0.25, 0.3) is 0 Å². The van der Waals surface area contributed by atoms with Gasteiger partial charge in [0, 0.05) is 38.8 Å². The first-order valence-corrected chi connectivity index (χ1v) is 9.53. The molecule has 2 aliphatic rings. The Kier molecular flexibility index (Phi) is 6.52. The van der Waals surface area contributed by atoms with E-state index >= 15 is 0 Å². The first-order valence-electron chi connectivity index (χ1n) is 9.53. The van der Waals surface area contributed by atoms with Crippen LogP contribution in [0.15, 0.2) is 30.3 Å². The molecule has 1 N–H and O–H groups in total. The SMILES string of the molecule is CC1CCC(N2CCN(CC(O)COc3ccccc3)CC2)CC1. The van der Waals surface area contributed by atoms with E-state index in [1.807, 2.05) is 30.3 Å². The standard InChI is InChI=1S/C20H32N2O2/c1-17-7-9-18(10-8-17)22-13-11-21(12-14-22)15-19(23)16-24-20-5-3-2-4-6-20/h2-6,17-19,23H,7-16H2,1H3. The van der Waals surface area contributed by atoms with E-state index in [1.165, 1.54) is 25.7 Å². The van der Waals surface area contributed by atoms with Gasteiger partial charge in [-0.2, -0.15) is 0 Å². The zero-order valence-electron chi connectivity index (χ0n) is 14.9. The topological polar surface area (TPSA) is 35.9 Å². The Morgan fingerprint density at radius 1 is 1.04 bits per heavy atom. The van der Waals surface area contributed by atoms with E-state index < -0.39 is 6.10 Å². The largest absolute Gasteiger partial charge is 0.491 e. The van der Waals surface area contributed by atoms with Crippen LogP contribution in [0.5, 0.6) is 5.75 Å². The van der Waals surface area contributed by atoms with E-state index in [0.717, 1.165) is 43.9 Å². The molecule has 0 radical (unpaired) electrons. The summed E-state index contributed by atoms with van der Waals surface area (Å²) in [4.78, 5) is 5.05. The van der Waals surface area contributed by atoms with E-state index in [2.05, 4.69) is 16.7 Å². The Labute approximate surface area is 146 Å². The molecule has 4 heteroatoms. The first-order chi connectivity index (χ1) is 11.7. The van der Waals surface area contributed by atoms with Crippen LogP contribution in [-0.4, -0.2) is 66.4 Å². The lowest BCUT2D eigenvalue weighted by Crippen LogP contribution is -2.52. The van der Waals surface area contributed by atoms with Crippen molar-refractivity contribution in [3.8, 4) is 5.75 Å². The molecule has 1 saturated carbocycles. The summed E-state index contributed by atoms with van der Waals surface area (Å²) in [6.45, 7) is 7.87. The molecule has 1 aromatic rings. The number of hydrogen-bond donors (Lipinski definition) is 1. The normalized spacial score (nSPS) is 27.8. The van der Waals surface area contributed by atoms with Gasteiger partial charge in [0.15, 0.2) is 0 Å². The van der Waals surface area contributed by atoms with Crippen molar-refractivity contribution >= 4 is 0 Å². The molecule has 1 heterocycles. The zero-order chi connectivity index (χ0) is 16.8. The molecule has 0 bridgehead atoms. The van der Waals surface area contributed by atoms with Gasteiger partial charge >= 0.3 is 0 Å². The molecule has 1 aliphatic carbocycles. The van der Waals surface area contributed by atoms with Gasteiger partial charge in [0.05, 0.1) is 0 Å². The predicted molar refractivity (Wildman–Crippen MR) is 97.4 cm³/mol. The predicted octanol–water partition coefficient (Wildman–Crippen LogP) is 2.62. The molecule has 0 amide bonds. The first kappa shape index (κ1) is 17.7. The van der Waals surface area contributed by atoms with Gasteiger partial charge < -0.3 is 9.84 Å². The van der Waals surface area contributed by atoms with Gasteiger partial charge in [-0.25, -0.2) is 0 Å². The van der Waals surface area contributed by atoms with Crippen molar-refractivity contribution < 1.29 is 9.84 Å². The van der Waals surface area contributed by atoms with Crippen LogP contribution >= 0.6 is 0 Å². The third-order valence-corrected chi connectivity index (χ3v) is 5.56. The third kappa shape index (κ3) is 5.20. The highest BCUT2D eigenvalue weighted by molar-refractivity contribution is 5.20. The lowest BCUT2D eigenvalue weighted by Gasteiger charge is -2.42. The van der Waals surface area contributed by atoms with Gasteiger partial charge in [0.1, 0.15) is 18.5 Å². The molecule has 1 aliphatic heterocycles. The van der Waals surface area contributed by atoms with Crippen molar-refractivity contribution in [3.63, 3.8) is 0 Å². The number of piperazine rings is 1. The molecule has 24 heavy (non-hydrogen) atoms. The second kappa shape index (κ2) is 8.84. The molecule has 4 nitrogen and oxygen atoms in total. The van der Waals surface area contributed by atoms with Crippen molar-refractivity contribution in [3.05, 3.63) is 30.3 Å². The van der Waals surface area contributed by atoms with Gasteiger partial charge in [-0.3, -0.25) is 9.80 Å². The monoisotopic (exact) mass is 332 g/mol. The van der Waals surface area contributed by atoms with Crippen LogP contribution in [0, 0.1) is 5.92 Å². The summed E-state index contributed by atoms with van der Waals surface area (Å²) < 4.78 is 5.65. The van der Waals surface area contributed by atoms with Crippen LogP contribution < -0.4 is 4.74 Å². The maximum atomic E-state index is 10.2. The molecule has 2 fully saturated rings. The molecule has 1 atom stereocenters. The van der Waals surface area contributed by atoms with Gasteiger partial charge in [-0.1, -0.05) is 25.1 Å². The number of nitrogens with zero attached hydrogens (tertiary/aromatic N) is 2. The van der Waals surface area contributed by atoms with Crippen LogP contribution in [0.4, 0.5) is 0 Å². The Hall–Kier alpha value is -1.10. The second-order valence-electron chi connectivity index (χ2n) is 7.53. The Morgan fingerprint density at radius 2 is 1.71 bits per heavy atom. The number of rotatable bonds is 6. The summed E-state index contributed by atoms with van der Waals surface area (Å²) >= 11 is 0. The molecule has 0 spiro atoms. The Balaban J connectivity index is 1.34. The molecular weight excluding hydrogens is 300 g/mol. The van der Waals surface area contributed by atoms with Crippen molar-refractivity contribution in [2.75, 3.05) is 39.3 Å². The maximum Gasteiger partial charge on any atom is 0.119 e. The van der Waals surface area contributed by atoms with E-state index in [9.17, 15) is 5.11 Å². The number of benzene rings is 1. The van der Waals surface area contributed by atoms with Crippen molar-refractivity contribution in [1.82, 2.24) is 9.80 Å². The number of β-amino-alcohol motifs (C(OH)–C–C–N with tert-alkyl or cyclic N) is 1. The van der Waals surface area contributed by atoms with Crippen LogP contribution in [-0.2, 0) is 0 Å². The highest BCUT2D eigenvalue weighted by Crippen LogP contribution is 2.27. The zero-order valence-corrected chi connectivity index (χ0v) is 14.9. The average molecular weight is 332 g/mol. The third-order valence-electron chi connectivity index (χ3n) is 5.56. The lowest BCUT2D eigenvalue weighted by molar-refractivity contribution is 0.0290. The highest BCUT2D eigenvalue weighted by Gasteiger charge is 2.27.